The molecule has 0 bridgehead atoms. The number of aromatic nitrogens is 1. The van der Waals surface area contributed by atoms with Crippen molar-refractivity contribution in [3.05, 3.63) is 89.7 Å². The molecule has 0 radical (unpaired) electrons. The summed E-state index contributed by atoms with van der Waals surface area (Å²) in [5.74, 6) is -0.104. The summed E-state index contributed by atoms with van der Waals surface area (Å²) in [6.45, 7) is 6.54. The van der Waals surface area contributed by atoms with Gasteiger partial charge in [-0.15, -0.1) is 0 Å². The van der Waals surface area contributed by atoms with Crippen LogP contribution >= 0.6 is 0 Å². The lowest BCUT2D eigenvalue weighted by molar-refractivity contribution is -0.133. The van der Waals surface area contributed by atoms with E-state index in [0.29, 0.717) is 45.0 Å². The number of aryl methyl sites for hydroxylation is 2. The molecule has 1 heterocycles. The average Bonchev–Trinajstić information content (AvgIpc) is 3.30. The van der Waals surface area contributed by atoms with Crippen molar-refractivity contribution in [1.29, 1.82) is 0 Å². The zero-order valence-electron chi connectivity index (χ0n) is 21.7. The highest BCUT2D eigenvalue weighted by atomic mass is 16.5. The lowest BCUT2D eigenvalue weighted by Gasteiger charge is -2.28. The number of ether oxygens (including phenoxy) is 1. The molecule has 3 rings (SSSR count). The normalized spacial score (nSPS) is 10.8. The molecule has 0 aliphatic carbocycles. The maximum Gasteiger partial charge on any atom is 0.322 e. The molecule has 36 heavy (non-hydrogen) atoms. The smallest absolute Gasteiger partial charge is 0.322 e. The molecule has 0 spiro atoms. The minimum absolute atomic E-state index is 0.0116. The van der Waals surface area contributed by atoms with Gasteiger partial charge in [-0.1, -0.05) is 49.4 Å². The first-order valence-electron chi connectivity index (χ1n) is 12.6. The first-order chi connectivity index (χ1) is 17.5. The predicted molar refractivity (Wildman–Crippen MR) is 144 cm³/mol. The van der Waals surface area contributed by atoms with E-state index in [1.54, 1.807) is 4.90 Å². The third-order valence-corrected chi connectivity index (χ3v) is 6.12. The molecule has 0 unspecified atom stereocenters. The van der Waals surface area contributed by atoms with Gasteiger partial charge in [-0.05, 0) is 55.2 Å². The Kier molecular flexibility index (Phi) is 10.6. The second-order valence-corrected chi connectivity index (χ2v) is 8.80. The first-order valence-corrected chi connectivity index (χ1v) is 12.6. The van der Waals surface area contributed by atoms with Crippen LogP contribution in [-0.2, 0) is 36.1 Å². The molecular formula is C29H38N4O3. The van der Waals surface area contributed by atoms with Crippen molar-refractivity contribution in [2.45, 2.75) is 39.8 Å². The van der Waals surface area contributed by atoms with E-state index in [2.05, 4.69) is 12.2 Å². The number of urea groups is 1. The summed E-state index contributed by atoms with van der Waals surface area (Å²) in [5, 5.41) is 2.95. The molecule has 0 aliphatic rings. The van der Waals surface area contributed by atoms with E-state index in [4.69, 9.17) is 4.74 Å². The highest BCUT2D eigenvalue weighted by molar-refractivity contribution is 5.92. The molecule has 1 aromatic heterocycles. The van der Waals surface area contributed by atoms with Gasteiger partial charge in [0.2, 0.25) is 5.91 Å². The Labute approximate surface area is 214 Å². The topological polar surface area (TPSA) is 66.8 Å². The number of carbonyl (C=O) groups is 2. The predicted octanol–water partition coefficient (Wildman–Crippen LogP) is 5.08. The third kappa shape index (κ3) is 8.27. The maximum atomic E-state index is 13.6. The number of anilines is 1. The molecule has 1 N–H and O–H groups in total. The number of nitrogens with zero attached hydrogens (tertiary/aromatic N) is 3. The van der Waals surface area contributed by atoms with Crippen molar-refractivity contribution in [3.8, 4) is 0 Å². The van der Waals surface area contributed by atoms with Gasteiger partial charge in [-0.25, -0.2) is 4.79 Å². The standard InChI is InChI=1S/C29H38N4O3/c1-4-24-14-16-26(17-15-24)30-29(35)32(19-10-20-36-5-2)23-28(34)33(21-25-11-7-6-8-12-25)22-27-13-9-18-31(27)3/h6-9,11-18H,4-5,10,19-23H2,1-3H3,(H,30,35). The molecule has 192 valence electrons. The van der Waals surface area contributed by atoms with Crippen LogP contribution in [0.15, 0.2) is 72.9 Å². The largest absolute Gasteiger partial charge is 0.382 e. The van der Waals surface area contributed by atoms with Gasteiger partial charge in [0, 0.05) is 50.9 Å². The highest BCUT2D eigenvalue weighted by Gasteiger charge is 2.22. The van der Waals surface area contributed by atoms with Crippen LogP contribution in [0.4, 0.5) is 10.5 Å². The van der Waals surface area contributed by atoms with Crippen LogP contribution in [0.3, 0.4) is 0 Å². The van der Waals surface area contributed by atoms with Crippen molar-refractivity contribution in [2.75, 3.05) is 31.6 Å². The van der Waals surface area contributed by atoms with E-state index in [0.717, 1.165) is 17.7 Å². The van der Waals surface area contributed by atoms with Crippen LogP contribution in [0, 0.1) is 0 Å². The van der Waals surface area contributed by atoms with E-state index in [9.17, 15) is 9.59 Å². The summed E-state index contributed by atoms with van der Waals surface area (Å²) in [4.78, 5) is 30.2. The molecule has 0 fully saturated rings. The van der Waals surface area contributed by atoms with E-state index in [-0.39, 0.29) is 18.5 Å². The van der Waals surface area contributed by atoms with Gasteiger partial charge in [0.25, 0.3) is 0 Å². The minimum Gasteiger partial charge on any atom is -0.382 e. The summed E-state index contributed by atoms with van der Waals surface area (Å²) in [7, 11) is 1.97. The summed E-state index contributed by atoms with van der Waals surface area (Å²) in [6.07, 6.45) is 3.56. The molecule has 7 heteroatoms. The molecule has 0 saturated heterocycles. The first kappa shape index (κ1) is 27.0. The zero-order valence-corrected chi connectivity index (χ0v) is 21.7. The fourth-order valence-corrected chi connectivity index (χ4v) is 3.94. The van der Waals surface area contributed by atoms with Crippen molar-refractivity contribution in [1.82, 2.24) is 14.4 Å². The summed E-state index contributed by atoms with van der Waals surface area (Å²) >= 11 is 0. The van der Waals surface area contributed by atoms with Gasteiger partial charge >= 0.3 is 6.03 Å². The number of nitrogens with one attached hydrogen (secondary N) is 1. The van der Waals surface area contributed by atoms with Crippen LogP contribution in [0.1, 0.15) is 37.1 Å². The minimum atomic E-state index is -0.289. The van der Waals surface area contributed by atoms with Crippen LogP contribution in [0.25, 0.3) is 0 Å². The van der Waals surface area contributed by atoms with Gasteiger partial charge in [-0.3, -0.25) is 4.79 Å². The van der Waals surface area contributed by atoms with Crippen molar-refractivity contribution >= 4 is 17.6 Å². The molecule has 3 aromatic rings. The summed E-state index contributed by atoms with van der Waals surface area (Å²) < 4.78 is 7.48. The average molecular weight is 491 g/mol. The second-order valence-electron chi connectivity index (χ2n) is 8.80. The fraction of sp³-hybridized carbons (Fsp3) is 0.379. The lowest BCUT2D eigenvalue weighted by Crippen LogP contribution is -2.44. The van der Waals surface area contributed by atoms with Gasteiger partial charge in [0.15, 0.2) is 0 Å². The Morgan fingerprint density at radius 1 is 0.889 bits per heavy atom. The Hall–Kier alpha value is -3.58. The van der Waals surface area contributed by atoms with Gasteiger partial charge in [0.1, 0.15) is 6.54 Å². The van der Waals surface area contributed by atoms with E-state index >= 15 is 0 Å². The molecule has 3 amide bonds. The van der Waals surface area contributed by atoms with Crippen LogP contribution in [0.5, 0.6) is 0 Å². The van der Waals surface area contributed by atoms with E-state index in [1.165, 1.54) is 5.56 Å². The fourth-order valence-electron chi connectivity index (χ4n) is 3.94. The van der Waals surface area contributed by atoms with Crippen molar-refractivity contribution in [3.63, 3.8) is 0 Å². The summed E-state index contributed by atoms with van der Waals surface area (Å²) in [6, 6.07) is 21.4. The second kappa shape index (κ2) is 14.1. The summed E-state index contributed by atoms with van der Waals surface area (Å²) in [5.41, 5.74) is 3.99. The monoisotopic (exact) mass is 490 g/mol. The molecule has 7 nitrogen and oxygen atoms in total. The van der Waals surface area contributed by atoms with Crippen LogP contribution < -0.4 is 5.32 Å². The number of hydrogen-bond acceptors (Lipinski definition) is 3. The SMILES string of the molecule is CCOCCCN(CC(=O)N(Cc1ccccc1)Cc1cccn1C)C(=O)Nc1ccc(CC)cc1. The molecular weight excluding hydrogens is 452 g/mol. The van der Waals surface area contributed by atoms with Crippen molar-refractivity contribution < 1.29 is 14.3 Å². The Balaban J connectivity index is 1.74. The molecule has 0 saturated carbocycles. The van der Waals surface area contributed by atoms with Crippen molar-refractivity contribution in [2.24, 2.45) is 7.05 Å². The molecule has 0 atom stereocenters. The number of benzene rings is 2. The van der Waals surface area contributed by atoms with Crippen LogP contribution in [0.2, 0.25) is 0 Å². The number of carbonyl (C=O) groups excluding carboxylic acids is 2. The zero-order chi connectivity index (χ0) is 25.8. The number of hydrogen-bond donors (Lipinski definition) is 1. The Bertz CT molecular complexity index is 1080. The van der Waals surface area contributed by atoms with E-state index in [1.807, 2.05) is 96.4 Å². The lowest BCUT2D eigenvalue weighted by atomic mass is 10.1. The molecule has 0 aliphatic heterocycles. The maximum absolute atomic E-state index is 13.6. The number of rotatable bonds is 13. The van der Waals surface area contributed by atoms with Gasteiger partial charge in [-0.2, -0.15) is 0 Å². The third-order valence-electron chi connectivity index (χ3n) is 6.12. The highest BCUT2D eigenvalue weighted by Crippen LogP contribution is 2.14. The van der Waals surface area contributed by atoms with Crippen LogP contribution in [-0.4, -0.2) is 52.6 Å². The van der Waals surface area contributed by atoms with E-state index < -0.39 is 0 Å². The Morgan fingerprint density at radius 2 is 1.64 bits per heavy atom. The van der Waals surface area contributed by atoms with Gasteiger partial charge in [0.05, 0.1) is 6.54 Å². The molecule has 2 aromatic carbocycles. The number of amides is 3. The van der Waals surface area contributed by atoms with Gasteiger partial charge < -0.3 is 24.4 Å². The Morgan fingerprint density at radius 3 is 2.28 bits per heavy atom. The quantitative estimate of drug-likeness (QED) is 0.340.